The number of hydrogen-bond acceptors (Lipinski definition) is 3. The Bertz CT molecular complexity index is 880. The third-order valence-electron chi connectivity index (χ3n) is 4.71. The molecule has 0 bridgehead atoms. The van der Waals surface area contributed by atoms with Crippen molar-refractivity contribution in [2.45, 2.75) is 32.7 Å². The summed E-state index contributed by atoms with van der Waals surface area (Å²) in [6.07, 6.45) is 2.03. The maximum absolute atomic E-state index is 12.6. The van der Waals surface area contributed by atoms with Crippen molar-refractivity contribution in [1.82, 2.24) is 4.90 Å². The van der Waals surface area contributed by atoms with Crippen molar-refractivity contribution in [1.29, 1.82) is 0 Å². The molecular weight excluding hydrogens is 326 g/mol. The third-order valence-corrected chi connectivity index (χ3v) is 4.71. The van der Waals surface area contributed by atoms with Crippen LogP contribution in [0.5, 0.6) is 5.75 Å². The van der Waals surface area contributed by atoms with Crippen molar-refractivity contribution in [3.8, 4) is 5.75 Å². The van der Waals surface area contributed by atoms with Crippen LogP contribution in [-0.2, 0) is 24.2 Å². The topological polar surface area (TPSA) is 42.7 Å². The van der Waals surface area contributed by atoms with E-state index >= 15 is 0 Å². The number of fused-ring (bicyclic) bond motifs is 1. The maximum atomic E-state index is 12.6. The number of ether oxygens (including phenoxy) is 1. The number of furan rings is 1. The number of carbonyl (C=O) groups excluding carboxylic acids is 1. The second-order valence-corrected chi connectivity index (χ2v) is 6.45. The van der Waals surface area contributed by atoms with Crippen LogP contribution in [-0.4, -0.2) is 25.0 Å². The van der Waals surface area contributed by atoms with Crippen molar-refractivity contribution in [3.05, 3.63) is 65.4 Å². The molecule has 0 aliphatic rings. The van der Waals surface area contributed by atoms with Crippen LogP contribution in [0.25, 0.3) is 11.0 Å². The second-order valence-electron chi connectivity index (χ2n) is 6.45. The van der Waals surface area contributed by atoms with E-state index in [9.17, 15) is 4.79 Å². The van der Waals surface area contributed by atoms with Gasteiger partial charge in [-0.25, -0.2) is 0 Å². The molecule has 0 radical (unpaired) electrons. The van der Waals surface area contributed by atoms with Crippen LogP contribution < -0.4 is 4.74 Å². The van der Waals surface area contributed by atoms with E-state index in [-0.39, 0.29) is 5.91 Å². The van der Waals surface area contributed by atoms with Gasteiger partial charge in [0.05, 0.1) is 7.11 Å². The van der Waals surface area contributed by atoms with Gasteiger partial charge >= 0.3 is 0 Å². The summed E-state index contributed by atoms with van der Waals surface area (Å²) in [7, 11) is 3.51. The minimum atomic E-state index is 0.133. The molecule has 0 fully saturated rings. The zero-order valence-electron chi connectivity index (χ0n) is 15.6. The molecule has 0 saturated heterocycles. The normalized spacial score (nSPS) is 10.9. The van der Waals surface area contributed by atoms with E-state index in [1.54, 1.807) is 12.0 Å². The molecule has 26 heavy (non-hydrogen) atoms. The van der Waals surface area contributed by atoms with E-state index in [0.717, 1.165) is 46.4 Å². The fourth-order valence-corrected chi connectivity index (χ4v) is 3.17. The van der Waals surface area contributed by atoms with E-state index < -0.39 is 0 Å². The minimum absolute atomic E-state index is 0.133. The number of nitrogens with zero attached hydrogens (tertiary/aromatic N) is 1. The molecule has 4 heteroatoms. The Hall–Kier alpha value is -2.75. The summed E-state index contributed by atoms with van der Waals surface area (Å²) in [5.41, 5.74) is 3.14. The summed E-state index contributed by atoms with van der Waals surface area (Å²) >= 11 is 0. The zero-order valence-corrected chi connectivity index (χ0v) is 15.6. The van der Waals surface area contributed by atoms with E-state index in [1.807, 2.05) is 49.5 Å². The molecule has 3 rings (SSSR count). The lowest BCUT2D eigenvalue weighted by molar-refractivity contribution is -0.130. The fraction of sp³-hybridized carbons (Fsp3) is 0.318. The number of hydrogen-bond donors (Lipinski definition) is 0. The van der Waals surface area contributed by atoms with Gasteiger partial charge in [-0.15, -0.1) is 0 Å². The lowest BCUT2D eigenvalue weighted by atomic mass is 10.1. The van der Waals surface area contributed by atoms with Gasteiger partial charge in [-0.2, -0.15) is 0 Å². The summed E-state index contributed by atoms with van der Waals surface area (Å²) in [6.45, 7) is 2.65. The first-order chi connectivity index (χ1) is 12.6. The Kier molecular flexibility index (Phi) is 5.61. The van der Waals surface area contributed by atoms with Crippen LogP contribution in [0.3, 0.4) is 0 Å². The molecular formula is C22H25NO3. The second kappa shape index (κ2) is 8.09. The highest BCUT2D eigenvalue weighted by Gasteiger charge is 2.17. The highest BCUT2D eigenvalue weighted by molar-refractivity contribution is 5.83. The minimum Gasteiger partial charge on any atom is -0.497 e. The first kappa shape index (κ1) is 18.1. The van der Waals surface area contributed by atoms with Gasteiger partial charge in [0.15, 0.2) is 0 Å². The van der Waals surface area contributed by atoms with Crippen molar-refractivity contribution in [2.24, 2.45) is 0 Å². The van der Waals surface area contributed by atoms with Crippen LogP contribution in [0.2, 0.25) is 0 Å². The SMILES string of the molecule is CCc1oc2ccccc2c1CN(C)C(=O)CCc1ccc(OC)cc1. The van der Waals surface area contributed by atoms with Gasteiger partial charge < -0.3 is 14.1 Å². The fourth-order valence-electron chi connectivity index (χ4n) is 3.17. The highest BCUT2D eigenvalue weighted by atomic mass is 16.5. The molecule has 136 valence electrons. The van der Waals surface area contributed by atoms with Crippen LogP contribution >= 0.6 is 0 Å². The molecule has 2 aromatic carbocycles. The standard InChI is InChI=1S/C22H25NO3/c1-4-20-19(18-7-5-6-8-21(18)26-20)15-23(2)22(24)14-11-16-9-12-17(25-3)13-10-16/h5-10,12-13H,4,11,14-15H2,1-3H3. The first-order valence-electron chi connectivity index (χ1n) is 8.98. The number of benzene rings is 2. The third kappa shape index (κ3) is 3.90. The smallest absolute Gasteiger partial charge is 0.222 e. The zero-order chi connectivity index (χ0) is 18.5. The lowest BCUT2D eigenvalue weighted by Crippen LogP contribution is -2.26. The predicted octanol–water partition coefficient (Wildman–Crippen LogP) is 4.60. The average Bonchev–Trinajstić information content (AvgIpc) is 3.04. The molecule has 1 amide bonds. The number of amides is 1. The van der Waals surface area contributed by atoms with Crippen LogP contribution in [0.1, 0.15) is 30.2 Å². The molecule has 1 heterocycles. The molecule has 0 spiro atoms. The summed E-state index contributed by atoms with van der Waals surface area (Å²) in [6, 6.07) is 15.9. The van der Waals surface area contributed by atoms with E-state index in [2.05, 4.69) is 13.0 Å². The van der Waals surface area contributed by atoms with Crippen LogP contribution in [0.4, 0.5) is 0 Å². The van der Waals surface area contributed by atoms with E-state index in [4.69, 9.17) is 9.15 Å². The molecule has 0 atom stereocenters. The van der Waals surface area contributed by atoms with E-state index in [0.29, 0.717) is 13.0 Å². The summed E-state index contributed by atoms with van der Waals surface area (Å²) < 4.78 is 11.1. The Labute approximate surface area is 154 Å². The highest BCUT2D eigenvalue weighted by Crippen LogP contribution is 2.27. The molecule has 0 aliphatic heterocycles. The lowest BCUT2D eigenvalue weighted by Gasteiger charge is -2.17. The first-order valence-corrected chi connectivity index (χ1v) is 8.98. The van der Waals surface area contributed by atoms with Gasteiger partial charge in [-0.3, -0.25) is 4.79 Å². The van der Waals surface area contributed by atoms with Gasteiger partial charge in [0.25, 0.3) is 0 Å². The predicted molar refractivity (Wildman–Crippen MR) is 103 cm³/mol. The van der Waals surface area contributed by atoms with Crippen molar-refractivity contribution in [3.63, 3.8) is 0 Å². The largest absolute Gasteiger partial charge is 0.497 e. The van der Waals surface area contributed by atoms with E-state index in [1.165, 1.54) is 0 Å². The number of methoxy groups -OCH3 is 1. The molecule has 1 aromatic heterocycles. The maximum Gasteiger partial charge on any atom is 0.222 e. The van der Waals surface area contributed by atoms with Crippen molar-refractivity contribution in [2.75, 3.05) is 14.2 Å². The summed E-state index contributed by atoms with van der Waals surface area (Å²) in [4.78, 5) is 14.4. The van der Waals surface area contributed by atoms with Gasteiger partial charge in [-0.1, -0.05) is 37.3 Å². The molecule has 0 saturated carbocycles. The van der Waals surface area contributed by atoms with Gasteiger partial charge in [0.1, 0.15) is 17.1 Å². The van der Waals surface area contributed by atoms with Gasteiger partial charge in [-0.05, 0) is 30.2 Å². The van der Waals surface area contributed by atoms with Gasteiger partial charge in [0, 0.05) is 37.4 Å². The molecule has 0 aliphatic carbocycles. The summed E-state index contributed by atoms with van der Waals surface area (Å²) in [5, 5.41) is 1.10. The molecule has 0 N–H and O–H groups in total. The average molecular weight is 351 g/mol. The monoisotopic (exact) mass is 351 g/mol. The van der Waals surface area contributed by atoms with Crippen molar-refractivity contribution >= 4 is 16.9 Å². The molecule has 3 aromatic rings. The van der Waals surface area contributed by atoms with Crippen LogP contribution in [0.15, 0.2) is 52.9 Å². The Morgan fingerprint density at radius 1 is 1.12 bits per heavy atom. The molecule has 0 unspecified atom stereocenters. The Morgan fingerprint density at radius 3 is 2.54 bits per heavy atom. The quantitative estimate of drug-likeness (QED) is 0.625. The molecule has 4 nitrogen and oxygen atoms in total. The van der Waals surface area contributed by atoms with Gasteiger partial charge in [0.2, 0.25) is 5.91 Å². The number of rotatable bonds is 7. The van der Waals surface area contributed by atoms with Crippen molar-refractivity contribution < 1.29 is 13.9 Å². The number of aryl methyl sites for hydroxylation is 2. The van der Waals surface area contributed by atoms with Crippen LogP contribution in [0, 0.1) is 0 Å². The Balaban J connectivity index is 1.65. The number of carbonyl (C=O) groups is 1. The number of para-hydroxylation sites is 1. The summed E-state index contributed by atoms with van der Waals surface area (Å²) in [5.74, 6) is 1.92. The Morgan fingerprint density at radius 2 is 1.85 bits per heavy atom.